The number of benzene rings is 1. The maximum absolute atomic E-state index is 13.6. The number of thioether (sulfide) groups is 1. The second-order valence-corrected chi connectivity index (χ2v) is 11.6. The van der Waals surface area contributed by atoms with Crippen LogP contribution in [-0.2, 0) is 17.9 Å². The lowest BCUT2D eigenvalue weighted by molar-refractivity contribution is -0.122. The van der Waals surface area contributed by atoms with Gasteiger partial charge in [0.2, 0.25) is 6.79 Å². The average molecular weight is 551 g/mol. The number of hydrogen-bond acceptors (Lipinski definition) is 8. The summed E-state index contributed by atoms with van der Waals surface area (Å²) < 4.78 is 13.1. The van der Waals surface area contributed by atoms with Crippen molar-refractivity contribution in [2.24, 2.45) is 5.92 Å². The van der Waals surface area contributed by atoms with Gasteiger partial charge in [-0.1, -0.05) is 43.9 Å². The van der Waals surface area contributed by atoms with Crippen molar-refractivity contribution in [2.75, 3.05) is 24.8 Å². The van der Waals surface area contributed by atoms with Gasteiger partial charge in [-0.05, 0) is 61.4 Å². The molecule has 1 amide bonds. The Morgan fingerprint density at radius 2 is 1.95 bits per heavy atom. The average Bonchev–Trinajstić information content (AvgIpc) is 3.47. The lowest BCUT2D eigenvalue weighted by Crippen LogP contribution is -2.39. The van der Waals surface area contributed by atoms with E-state index in [1.165, 1.54) is 11.8 Å². The first-order valence-electron chi connectivity index (χ1n) is 12.9. The van der Waals surface area contributed by atoms with Crippen LogP contribution in [0.5, 0.6) is 11.5 Å². The molecule has 4 heterocycles. The molecular formula is C28H30N4O4S2. The first-order chi connectivity index (χ1) is 18.3. The van der Waals surface area contributed by atoms with Crippen molar-refractivity contribution < 1.29 is 14.3 Å². The van der Waals surface area contributed by atoms with Crippen LogP contribution in [0.1, 0.15) is 55.4 Å². The van der Waals surface area contributed by atoms with Crippen LogP contribution in [0.25, 0.3) is 6.08 Å². The molecule has 198 valence electrons. The van der Waals surface area contributed by atoms with Gasteiger partial charge >= 0.3 is 0 Å². The quantitative estimate of drug-likeness (QED) is 0.374. The number of carbonyl (C=O) groups is 1. The summed E-state index contributed by atoms with van der Waals surface area (Å²) in [4.78, 5) is 31.2. The highest BCUT2D eigenvalue weighted by Crippen LogP contribution is 2.38. The van der Waals surface area contributed by atoms with Crippen LogP contribution in [0.4, 0.5) is 5.82 Å². The molecule has 0 radical (unpaired) electrons. The van der Waals surface area contributed by atoms with Gasteiger partial charge in [-0.15, -0.1) is 0 Å². The van der Waals surface area contributed by atoms with Gasteiger partial charge in [-0.25, -0.2) is 0 Å². The second-order valence-electron chi connectivity index (χ2n) is 9.93. The highest BCUT2D eigenvalue weighted by atomic mass is 32.2. The van der Waals surface area contributed by atoms with Crippen LogP contribution in [0.15, 0.2) is 27.9 Å². The van der Waals surface area contributed by atoms with E-state index >= 15 is 0 Å². The number of thiocarbonyl (C=S) groups is 1. The lowest BCUT2D eigenvalue weighted by atomic mass is 9.97. The molecular weight excluding hydrogens is 520 g/mol. The predicted molar refractivity (Wildman–Crippen MR) is 152 cm³/mol. The van der Waals surface area contributed by atoms with E-state index in [-0.39, 0.29) is 23.8 Å². The highest BCUT2D eigenvalue weighted by Gasteiger charge is 2.34. The van der Waals surface area contributed by atoms with E-state index in [2.05, 4.69) is 17.9 Å². The summed E-state index contributed by atoms with van der Waals surface area (Å²) in [7, 11) is 0. The number of amides is 1. The molecule has 0 bridgehead atoms. The third kappa shape index (κ3) is 4.81. The number of ether oxygens (including phenoxy) is 2. The Labute approximate surface area is 231 Å². The van der Waals surface area contributed by atoms with Gasteiger partial charge in [-0.3, -0.25) is 19.1 Å². The van der Waals surface area contributed by atoms with Crippen molar-refractivity contribution in [1.29, 1.82) is 5.26 Å². The topological polar surface area (TPSA) is 87.8 Å². The molecule has 0 N–H and O–H groups in total. The molecule has 0 spiro atoms. The number of fused-ring (bicyclic) bond motifs is 1. The first-order valence-corrected chi connectivity index (χ1v) is 14.1. The molecule has 10 heteroatoms. The zero-order chi connectivity index (χ0) is 27.0. The molecule has 1 aromatic carbocycles. The maximum atomic E-state index is 13.6. The number of anilines is 1. The summed E-state index contributed by atoms with van der Waals surface area (Å²) in [5, 5.41) is 9.86. The zero-order valence-electron chi connectivity index (χ0n) is 21.8. The molecule has 3 aliphatic rings. The Balaban J connectivity index is 1.55. The van der Waals surface area contributed by atoms with E-state index < -0.39 is 0 Å². The molecule has 2 fully saturated rings. The van der Waals surface area contributed by atoms with Gasteiger partial charge < -0.3 is 14.4 Å². The molecule has 38 heavy (non-hydrogen) atoms. The van der Waals surface area contributed by atoms with Crippen LogP contribution in [0, 0.1) is 24.2 Å². The monoisotopic (exact) mass is 550 g/mol. The molecule has 5 rings (SSSR count). The Kier molecular flexibility index (Phi) is 7.50. The highest BCUT2D eigenvalue weighted by molar-refractivity contribution is 8.26. The minimum Gasteiger partial charge on any atom is -0.454 e. The molecule has 0 aliphatic carbocycles. The van der Waals surface area contributed by atoms with Gasteiger partial charge in [0, 0.05) is 25.2 Å². The number of aromatic nitrogens is 1. The van der Waals surface area contributed by atoms with Crippen molar-refractivity contribution in [3.8, 4) is 17.6 Å². The summed E-state index contributed by atoms with van der Waals surface area (Å²) in [5.74, 6) is 2.56. The largest absolute Gasteiger partial charge is 0.454 e. The summed E-state index contributed by atoms with van der Waals surface area (Å²) in [6, 6.07) is 7.71. The summed E-state index contributed by atoms with van der Waals surface area (Å²) in [6.45, 7) is 8.70. The van der Waals surface area contributed by atoms with E-state index in [1.54, 1.807) is 16.4 Å². The van der Waals surface area contributed by atoms with Crippen LogP contribution >= 0.6 is 24.0 Å². The fourth-order valence-corrected chi connectivity index (χ4v) is 6.36. The van der Waals surface area contributed by atoms with Gasteiger partial charge in [0.25, 0.3) is 11.5 Å². The van der Waals surface area contributed by atoms with E-state index in [0.717, 1.165) is 49.3 Å². The van der Waals surface area contributed by atoms with Crippen molar-refractivity contribution >= 4 is 46.1 Å². The standard InChI is InChI=1S/C28H30N4O4S2/c1-4-9-31-25(30-10-7-17(2)8-11-30)20(18(3)21(14-29)26(31)33)13-24-27(34)32(28(37)38-24)15-19-5-6-22-23(12-19)36-16-35-22/h5-6,12-13,17H,4,7-11,15-16H2,1-3H3/b24-13+. The van der Waals surface area contributed by atoms with Gasteiger partial charge in [-0.2, -0.15) is 5.26 Å². The summed E-state index contributed by atoms with van der Waals surface area (Å²) in [6.07, 6.45) is 4.63. The van der Waals surface area contributed by atoms with Crippen LogP contribution in [-0.4, -0.2) is 39.6 Å². The SMILES string of the molecule is CCCn1c(N2CCC(C)CC2)c(/C=C2/SC(=S)N(Cc3ccc4c(c3)OCO4)C2=O)c(C)c(C#N)c1=O. The fraction of sp³-hybridized carbons (Fsp3) is 0.429. The molecule has 1 aromatic heterocycles. The number of carbonyl (C=O) groups excluding carboxylic acids is 1. The summed E-state index contributed by atoms with van der Waals surface area (Å²) >= 11 is 6.85. The Morgan fingerprint density at radius 3 is 2.66 bits per heavy atom. The third-order valence-electron chi connectivity index (χ3n) is 7.30. The second kappa shape index (κ2) is 10.8. The lowest BCUT2D eigenvalue weighted by Gasteiger charge is -2.35. The molecule has 3 aliphatic heterocycles. The van der Waals surface area contributed by atoms with Crippen molar-refractivity contribution in [3.63, 3.8) is 0 Å². The molecule has 0 unspecified atom stereocenters. The number of pyridine rings is 1. The number of nitrogens with zero attached hydrogens (tertiary/aromatic N) is 4. The van der Waals surface area contributed by atoms with Gasteiger partial charge in [0.05, 0.1) is 11.4 Å². The van der Waals surface area contributed by atoms with Crippen LogP contribution in [0.2, 0.25) is 0 Å². The normalized spacial score (nSPS) is 18.5. The van der Waals surface area contributed by atoms with Gasteiger partial charge in [0.1, 0.15) is 21.8 Å². The van der Waals surface area contributed by atoms with Crippen molar-refractivity contribution in [1.82, 2.24) is 9.47 Å². The van der Waals surface area contributed by atoms with Crippen molar-refractivity contribution in [2.45, 2.75) is 53.1 Å². The van der Waals surface area contributed by atoms with Crippen LogP contribution < -0.4 is 19.9 Å². The number of nitriles is 1. The molecule has 2 aromatic rings. The minimum atomic E-state index is -0.270. The van der Waals surface area contributed by atoms with Crippen LogP contribution in [0.3, 0.4) is 0 Å². The van der Waals surface area contributed by atoms with E-state index in [9.17, 15) is 14.9 Å². The number of piperidine rings is 1. The minimum absolute atomic E-state index is 0.120. The number of rotatable bonds is 6. The molecule has 8 nitrogen and oxygen atoms in total. The third-order valence-corrected chi connectivity index (χ3v) is 8.68. The maximum Gasteiger partial charge on any atom is 0.270 e. The van der Waals surface area contributed by atoms with E-state index in [1.807, 2.05) is 31.2 Å². The fourth-order valence-electron chi connectivity index (χ4n) is 5.13. The zero-order valence-corrected chi connectivity index (χ0v) is 23.4. The molecule has 0 atom stereocenters. The molecule has 0 saturated carbocycles. The number of hydrogen-bond donors (Lipinski definition) is 0. The predicted octanol–water partition coefficient (Wildman–Crippen LogP) is 4.80. The first kappa shape index (κ1) is 26.3. The van der Waals surface area contributed by atoms with Gasteiger partial charge in [0.15, 0.2) is 11.5 Å². The Morgan fingerprint density at radius 1 is 1.21 bits per heavy atom. The molecule has 2 saturated heterocycles. The Bertz CT molecular complexity index is 1430. The smallest absolute Gasteiger partial charge is 0.270 e. The van der Waals surface area contributed by atoms with E-state index in [0.29, 0.717) is 45.3 Å². The van der Waals surface area contributed by atoms with E-state index in [4.69, 9.17) is 21.7 Å². The van der Waals surface area contributed by atoms with Crippen molar-refractivity contribution in [3.05, 3.63) is 55.7 Å². The summed E-state index contributed by atoms with van der Waals surface area (Å²) in [5.41, 5.74) is 2.07. The Hall–Kier alpha value is -3.29.